The van der Waals surface area contributed by atoms with Crippen LogP contribution in [0.4, 0.5) is 11.4 Å². The van der Waals surface area contributed by atoms with Crippen molar-refractivity contribution in [3.63, 3.8) is 0 Å². The molecule has 1 heterocycles. The molecule has 3 rings (SSSR count). The Morgan fingerprint density at radius 2 is 1.73 bits per heavy atom. The van der Waals surface area contributed by atoms with E-state index in [0.717, 1.165) is 5.56 Å². The van der Waals surface area contributed by atoms with Crippen molar-refractivity contribution >= 4 is 46.4 Å². The third kappa shape index (κ3) is 4.22. The van der Waals surface area contributed by atoms with Gasteiger partial charge in [-0.1, -0.05) is 40.5 Å². The highest BCUT2D eigenvalue weighted by atomic mass is 35.5. The molecule has 0 aliphatic rings. The van der Waals surface area contributed by atoms with Crippen LogP contribution in [0.25, 0.3) is 11.3 Å². The van der Waals surface area contributed by atoms with E-state index in [2.05, 4.69) is 15.8 Å². The van der Waals surface area contributed by atoms with Crippen LogP contribution in [0.2, 0.25) is 10.0 Å². The summed E-state index contributed by atoms with van der Waals surface area (Å²) in [5.74, 6) is -0.783. The Balaban J connectivity index is 1.82. The maximum Gasteiger partial charge on any atom is 0.294 e. The van der Waals surface area contributed by atoms with Gasteiger partial charge in [0.15, 0.2) is 0 Å². The molecule has 8 heteroatoms. The first-order chi connectivity index (χ1) is 12.4. The number of nitrogens with one attached hydrogen (secondary N) is 2. The predicted molar refractivity (Wildman–Crippen MR) is 101 cm³/mol. The van der Waals surface area contributed by atoms with Gasteiger partial charge in [0.2, 0.25) is 11.7 Å². The minimum Gasteiger partial charge on any atom is -0.350 e. The fourth-order valence-corrected chi connectivity index (χ4v) is 2.63. The van der Waals surface area contributed by atoms with Crippen molar-refractivity contribution in [2.45, 2.75) is 6.92 Å². The second kappa shape index (κ2) is 7.59. The van der Waals surface area contributed by atoms with Gasteiger partial charge >= 0.3 is 0 Å². The van der Waals surface area contributed by atoms with E-state index in [9.17, 15) is 9.59 Å². The number of anilines is 2. The molecular weight excluding hydrogens is 377 g/mol. The van der Waals surface area contributed by atoms with Crippen LogP contribution in [0.3, 0.4) is 0 Å². The van der Waals surface area contributed by atoms with E-state index in [-0.39, 0.29) is 11.7 Å². The van der Waals surface area contributed by atoms with Gasteiger partial charge in [0.25, 0.3) is 5.91 Å². The molecular formula is C18H13Cl2N3O3. The Kier molecular flexibility index (Phi) is 5.25. The minimum absolute atomic E-state index is 0.0173. The molecule has 132 valence electrons. The molecule has 2 aromatic carbocycles. The quantitative estimate of drug-likeness (QED) is 0.667. The van der Waals surface area contributed by atoms with Gasteiger partial charge in [-0.2, -0.15) is 0 Å². The normalized spacial score (nSPS) is 10.4. The first-order valence-electron chi connectivity index (χ1n) is 7.53. The molecule has 1 aromatic heterocycles. The van der Waals surface area contributed by atoms with Gasteiger partial charge in [-0.3, -0.25) is 9.59 Å². The van der Waals surface area contributed by atoms with Crippen LogP contribution in [0.15, 0.2) is 53.1 Å². The molecule has 3 aromatic rings. The summed E-state index contributed by atoms with van der Waals surface area (Å²) >= 11 is 11.9. The number of benzene rings is 2. The number of aromatic nitrogens is 1. The monoisotopic (exact) mass is 389 g/mol. The number of amides is 2. The maximum atomic E-state index is 12.4. The summed E-state index contributed by atoms with van der Waals surface area (Å²) in [6.07, 6.45) is 0. The number of nitrogens with zero attached hydrogens (tertiary/aromatic N) is 1. The molecule has 2 amide bonds. The van der Waals surface area contributed by atoms with E-state index in [0.29, 0.717) is 27.1 Å². The molecule has 0 radical (unpaired) electrons. The van der Waals surface area contributed by atoms with E-state index >= 15 is 0 Å². The third-order valence-electron chi connectivity index (χ3n) is 3.39. The lowest BCUT2D eigenvalue weighted by Gasteiger charge is -2.10. The van der Waals surface area contributed by atoms with Gasteiger partial charge in [0, 0.05) is 28.6 Å². The van der Waals surface area contributed by atoms with Crippen LogP contribution in [0.5, 0.6) is 0 Å². The highest BCUT2D eigenvalue weighted by molar-refractivity contribution is 6.31. The van der Waals surface area contributed by atoms with Gasteiger partial charge in [0.05, 0.1) is 11.4 Å². The maximum absolute atomic E-state index is 12.4. The average molecular weight is 390 g/mol. The topological polar surface area (TPSA) is 84.2 Å². The summed E-state index contributed by atoms with van der Waals surface area (Å²) in [6.45, 7) is 1.36. The van der Waals surface area contributed by atoms with Gasteiger partial charge in [-0.15, -0.1) is 0 Å². The minimum atomic E-state index is -0.514. The van der Waals surface area contributed by atoms with Gasteiger partial charge in [0.1, 0.15) is 5.69 Å². The fourth-order valence-electron chi connectivity index (χ4n) is 2.27. The van der Waals surface area contributed by atoms with Crippen LogP contribution in [-0.4, -0.2) is 17.0 Å². The molecule has 0 aliphatic carbocycles. The summed E-state index contributed by atoms with van der Waals surface area (Å²) < 4.78 is 5.12. The van der Waals surface area contributed by atoms with E-state index in [1.165, 1.54) is 19.1 Å². The molecule has 0 saturated carbocycles. The van der Waals surface area contributed by atoms with Crippen LogP contribution >= 0.6 is 23.2 Å². The Labute approximate surface area is 159 Å². The lowest BCUT2D eigenvalue weighted by molar-refractivity contribution is -0.114. The summed E-state index contributed by atoms with van der Waals surface area (Å²) in [4.78, 5) is 23.7. The molecule has 0 spiro atoms. The Morgan fingerprint density at radius 3 is 2.46 bits per heavy atom. The molecule has 26 heavy (non-hydrogen) atoms. The van der Waals surface area contributed by atoms with Crippen LogP contribution in [-0.2, 0) is 4.79 Å². The van der Waals surface area contributed by atoms with Gasteiger partial charge in [-0.25, -0.2) is 0 Å². The van der Waals surface area contributed by atoms with Crippen molar-refractivity contribution < 1.29 is 14.1 Å². The summed E-state index contributed by atoms with van der Waals surface area (Å²) in [5, 5.41) is 10.1. The van der Waals surface area contributed by atoms with Crippen molar-refractivity contribution in [2.24, 2.45) is 0 Å². The number of hydrogen-bond donors (Lipinski definition) is 2. The Morgan fingerprint density at radius 1 is 0.962 bits per heavy atom. The van der Waals surface area contributed by atoms with Crippen LogP contribution < -0.4 is 10.6 Å². The van der Waals surface area contributed by atoms with Crippen molar-refractivity contribution in [1.29, 1.82) is 0 Å². The van der Waals surface area contributed by atoms with Crippen molar-refractivity contribution in [2.75, 3.05) is 10.6 Å². The zero-order valence-electron chi connectivity index (χ0n) is 13.5. The van der Waals surface area contributed by atoms with Crippen molar-refractivity contribution in [3.8, 4) is 11.3 Å². The first-order valence-corrected chi connectivity index (χ1v) is 8.29. The number of rotatable bonds is 4. The predicted octanol–water partition coefficient (Wildman–Crippen LogP) is 4.86. The van der Waals surface area contributed by atoms with Crippen LogP contribution in [0, 0.1) is 0 Å². The number of carbonyl (C=O) groups excluding carboxylic acids is 2. The molecule has 2 N–H and O–H groups in total. The number of halogens is 2. The first kappa shape index (κ1) is 18.0. The fraction of sp³-hybridized carbons (Fsp3) is 0.0556. The molecule has 0 fully saturated rings. The smallest absolute Gasteiger partial charge is 0.294 e. The highest BCUT2D eigenvalue weighted by Gasteiger charge is 2.16. The van der Waals surface area contributed by atoms with Gasteiger partial charge in [-0.05, 0) is 30.3 Å². The third-order valence-corrected chi connectivity index (χ3v) is 3.87. The van der Waals surface area contributed by atoms with E-state index in [4.69, 9.17) is 27.7 Å². The standard InChI is InChI=1S/C18H13Cl2N3O3/c1-10(24)21-16-8-13(20)5-6-14(16)22-18(25)17-9-15(23-26-17)11-3-2-4-12(19)7-11/h2-9H,1H3,(H,21,24)(H,22,25). The van der Waals surface area contributed by atoms with Crippen molar-refractivity contribution in [1.82, 2.24) is 5.16 Å². The summed E-state index contributed by atoms with van der Waals surface area (Å²) in [6, 6.07) is 13.3. The lowest BCUT2D eigenvalue weighted by atomic mass is 10.1. The van der Waals surface area contributed by atoms with Crippen LogP contribution in [0.1, 0.15) is 17.5 Å². The number of hydrogen-bond acceptors (Lipinski definition) is 4. The lowest BCUT2D eigenvalue weighted by Crippen LogP contribution is -2.14. The molecule has 0 atom stereocenters. The summed E-state index contributed by atoms with van der Waals surface area (Å²) in [7, 11) is 0. The molecule has 6 nitrogen and oxygen atoms in total. The molecule has 0 unspecified atom stereocenters. The molecule has 0 aliphatic heterocycles. The average Bonchev–Trinajstić information content (AvgIpc) is 3.07. The van der Waals surface area contributed by atoms with Gasteiger partial charge < -0.3 is 15.2 Å². The zero-order valence-corrected chi connectivity index (χ0v) is 15.1. The van der Waals surface area contributed by atoms with Crippen molar-refractivity contribution in [3.05, 3.63) is 64.3 Å². The number of carbonyl (C=O) groups is 2. The zero-order chi connectivity index (χ0) is 18.7. The summed E-state index contributed by atoms with van der Waals surface area (Å²) in [5.41, 5.74) is 1.98. The highest BCUT2D eigenvalue weighted by Crippen LogP contribution is 2.27. The van der Waals surface area contributed by atoms with E-state index < -0.39 is 5.91 Å². The van der Waals surface area contributed by atoms with E-state index in [1.54, 1.807) is 36.4 Å². The molecule has 0 bridgehead atoms. The largest absolute Gasteiger partial charge is 0.350 e. The second-order valence-electron chi connectivity index (χ2n) is 5.41. The van der Waals surface area contributed by atoms with E-state index in [1.807, 2.05) is 0 Å². The Hall–Kier alpha value is -2.83. The molecule has 0 saturated heterocycles. The Bertz CT molecular complexity index is 985. The SMILES string of the molecule is CC(=O)Nc1cc(Cl)ccc1NC(=O)c1cc(-c2cccc(Cl)c2)no1. The second-order valence-corrected chi connectivity index (χ2v) is 6.28.